The van der Waals surface area contributed by atoms with Crippen molar-refractivity contribution in [3.63, 3.8) is 0 Å². The van der Waals surface area contributed by atoms with E-state index in [2.05, 4.69) is 31.2 Å². The molecule has 256 valence electrons. The Kier molecular flexibility index (Phi) is 10.9. The number of nitrogens with zero attached hydrogens (tertiary/aromatic N) is 2. The van der Waals surface area contributed by atoms with Crippen molar-refractivity contribution in [2.45, 2.75) is 89.4 Å². The van der Waals surface area contributed by atoms with E-state index in [0.717, 1.165) is 30.6 Å². The van der Waals surface area contributed by atoms with Crippen molar-refractivity contribution in [3.05, 3.63) is 128 Å². The standard InChI is InChI=1S/C41H46N2O6/c1-2-3-30-4-6-31(7-5-30)8-9-32-26-28-41(29-27-32,33-10-18-37(19-11-33)48-39-22-14-35(15-23-39)42(44)45)34-12-20-38(21-13-34)49-40-24-16-36(17-25-40)43(46)47/h10-25,30-32H,2-9,26-29H2,1H3. The van der Waals surface area contributed by atoms with Crippen molar-refractivity contribution in [2.24, 2.45) is 17.8 Å². The van der Waals surface area contributed by atoms with Crippen LogP contribution < -0.4 is 9.47 Å². The van der Waals surface area contributed by atoms with Crippen LogP contribution in [0.1, 0.15) is 95.1 Å². The third kappa shape index (κ3) is 8.48. The van der Waals surface area contributed by atoms with E-state index in [0.29, 0.717) is 23.0 Å². The molecule has 2 aliphatic rings. The van der Waals surface area contributed by atoms with E-state index >= 15 is 0 Å². The van der Waals surface area contributed by atoms with Gasteiger partial charge in [0.25, 0.3) is 11.4 Å². The van der Waals surface area contributed by atoms with Crippen LogP contribution >= 0.6 is 0 Å². The lowest BCUT2D eigenvalue weighted by atomic mass is 9.62. The molecule has 49 heavy (non-hydrogen) atoms. The number of ether oxygens (including phenoxy) is 2. The lowest BCUT2D eigenvalue weighted by Gasteiger charge is -2.42. The summed E-state index contributed by atoms with van der Waals surface area (Å²) in [6.07, 6.45) is 15.5. The summed E-state index contributed by atoms with van der Waals surface area (Å²) in [7, 11) is 0. The molecule has 2 aliphatic carbocycles. The van der Waals surface area contributed by atoms with Crippen LogP contribution in [0.5, 0.6) is 23.0 Å². The molecule has 8 nitrogen and oxygen atoms in total. The maximum absolute atomic E-state index is 11.0. The molecule has 4 aromatic rings. The highest BCUT2D eigenvalue weighted by Gasteiger charge is 2.38. The van der Waals surface area contributed by atoms with E-state index in [-0.39, 0.29) is 16.8 Å². The number of rotatable bonds is 13. The van der Waals surface area contributed by atoms with Crippen molar-refractivity contribution in [1.29, 1.82) is 0 Å². The van der Waals surface area contributed by atoms with Crippen LogP contribution in [0.4, 0.5) is 11.4 Å². The number of hydrogen-bond donors (Lipinski definition) is 0. The van der Waals surface area contributed by atoms with Gasteiger partial charge in [0.05, 0.1) is 9.85 Å². The zero-order valence-electron chi connectivity index (χ0n) is 28.3. The Morgan fingerprint density at radius 3 is 1.20 bits per heavy atom. The fourth-order valence-corrected chi connectivity index (χ4v) is 8.12. The van der Waals surface area contributed by atoms with Crippen LogP contribution in [-0.4, -0.2) is 9.85 Å². The van der Waals surface area contributed by atoms with Gasteiger partial charge in [-0.25, -0.2) is 0 Å². The molecule has 0 aliphatic heterocycles. The Morgan fingerprint density at radius 2 is 0.857 bits per heavy atom. The van der Waals surface area contributed by atoms with Gasteiger partial charge in [-0.2, -0.15) is 0 Å². The summed E-state index contributed by atoms with van der Waals surface area (Å²) in [4.78, 5) is 21.2. The minimum Gasteiger partial charge on any atom is -0.457 e. The molecule has 8 heteroatoms. The smallest absolute Gasteiger partial charge is 0.269 e. The van der Waals surface area contributed by atoms with Crippen molar-refractivity contribution in [2.75, 3.05) is 0 Å². The molecule has 0 amide bonds. The first kappa shape index (κ1) is 34.2. The first-order valence-electron chi connectivity index (χ1n) is 17.9. The monoisotopic (exact) mass is 662 g/mol. The Bertz CT molecular complexity index is 1570. The van der Waals surface area contributed by atoms with Gasteiger partial charge in [-0.05, 0) is 103 Å². The maximum Gasteiger partial charge on any atom is 0.269 e. The van der Waals surface area contributed by atoms with Gasteiger partial charge in [0.2, 0.25) is 0 Å². The fourth-order valence-electron chi connectivity index (χ4n) is 8.12. The molecule has 0 spiro atoms. The van der Waals surface area contributed by atoms with Gasteiger partial charge in [0, 0.05) is 29.7 Å². The molecule has 0 heterocycles. The highest BCUT2D eigenvalue weighted by Crippen LogP contribution is 2.49. The molecule has 2 fully saturated rings. The number of nitro groups is 2. The molecular weight excluding hydrogens is 616 g/mol. The van der Waals surface area contributed by atoms with Crippen LogP contribution in [0.25, 0.3) is 0 Å². The second-order valence-corrected chi connectivity index (χ2v) is 14.0. The minimum absolute atomic E-state index is 0.0313. The van der Waals surface area contributed by atoms with E-state index in [1.807, 2.05) is 24.3 Å². The molecule has 4 aromatic carbocycles. The molecule has 0 saturated heterocycles. The summed E-state index contributed by atoms with van der Waals surface area (Å²) in [5.74, 6) is 5.06. The van der Waals surface area contributed by atoms with E-state index in [1.165, 1.54) is 99.6 Å². The summed E-state index contributed by atoms with van der Waals surface area (Å²) in [5.41, 5.74) is 2.42. The highest BCUT2D eigenvalue weighted by atomic mass is 16.6. The van der Waals surface area contributed by atoms with E-state index < -0.39 is 9.85 Å². The molecule has 0 radical (unpaired) electrons. The van der Waals surface area contributed by atoms with Crippen molar-refractivity contribution in [1.82, 2.24) is 0 Å². The average Bonchev–Trinajstić information content (AvgIpc) is 3.13. The Hall–Kier alpha value is -4.72. The molecule has 0 bridgehead atoms. The normalized spacial score (nSPS) is 19.2. The zero-order chi connectivity index (χ0) is 34.2. The van der Waals surface area contributed by atoms with Crippen LogP contribution in [0, 0.1) is 38.0 Å². The summed E-state index contributed by atoms with van der Waals surface area (Å²) >= 11 is 0. The number of non-ortho nitro benzene ring substituents is 2. The molecular formula is C41H46N2O6. The summed E-state index contributed by atoms with van der Waals surface area (Å²) < 4.78 is 12.1. The van der Waals surface area contributed by atoms with Gasteiger partial charge in [-0.1, -0.05) is 82.6 Å². The lowest BCUT2D eigenvalue weighted by molar-refractivity contribution is -0.385. The first-order chi connectivity index (χ1) is 23.8. The van der Waals surface area contributed by atoms with Crippen molar-refractivity contribution < 1.29 is 19.3 Å². The predicted molar refractivity (Wildman–Crippen MR) is 192 cm³/mol. The highest BCUT2D eigenvalue weighted by molar-refractivity contribution is 5.46. The first-order valence-corrected chi connectivity index (χ1v) is 17.9. The summed E-state index contributed by atoms with van der Waals surface area (Å²) in [5, 5.41) is 22.1. The molecule has 0 atom stereocenters. The summed E-state index contributed by atoms with van der Waals surface area (Å²) in [6.45, 7) is 2.31. The van der Waals surface area contributed by atoms with E-state index in [1.54, 1.807) is 24.3 Å². The van der Waals surface area contributed by atoms with Gasteiger partial charge in [-0.3, -0.25) is 20.2 Å². The third-order valence-corrected chi connectivity index (χ3v) is 11.0. The predicted octanol–water partition coefficient (Wildman–Crippen LogP) is 12.0. The molecule has 2 saturated carbocycles. The van der Waals surface area contributed by atoms with Gasteiger partial charge in [0.15, 0.2) is 0 Å². The second kappa shape index (κ2) is 15.7. The summed E-state index contributed by atoms with van der Waals surface area (Å²) in [6, 6.07) is 28.9. The Morgan fingerprint density at radius 1 is 0.531 bits per heavy atom. The van der Waals surface area contributed by atoms with Gasteiger partial charge in [-0.15, -0.1) is 0 Å². The second-order valence-electron chi connectivity index (χ2n) is 14.0. The van der Waals surface area contributed by atoms with Gasteiger partial charge >= 0.3 is 0 Å². The zero-order valence-corrected chi connectivity index (χ0v) is 28.3. The van der Waals surface area contributed by atoms with E-state index in [4.69, 9.17) is 9.47 Å². The maximum atomic E-state index is 11.0. The molecule has 6 rings (SSSR count). The minimum atomic E-state index is -0.417. The Balaban J connectivity index is 1.16. The number of benzene rings is 4. The van der Waals surface area contributed by atoms with Crippen LogP contribution in [0.2, 0.25) is 0 Å². The fraction of sp³-hybridized carbons (Fsp3) is 0.415. The van der Waals surface area contributed by atoms with Gasteiger partial charge < -0.3 is 9.47 Å². The molecule has 0 unspecified atom stereocenters. The van der Waals surface area contributed by atoms with Crippen LogP contribution in [0.3, 0.4) is 0 Å². The molecule has 0 aromatic heterocycles. The Labute approximate surface area is 288 Å². The van der Waals surface area contributed by atoms with Crippen molar-refractivity contribution in [3.8, 4) is 23.0 Å². The largest absolute Gasteiger partial charge is 0.457 e. The molecule has 0 N–H and O–H groups in total. The lowest BCUT2D eigenvalue weighted by Crippen LogP contribution is -2.33. The number of nitro benzene ring substituents is 2. The average molecular weight is 663 g/mol. The van der Waals surface area contributed by atoms with Gasteiger partial charge in [0.1, 0.15) is 23.0 Å². The third-order valence-electron chi connectivity index (χ3n) is 11.0. The van der Waals surface area contributed by atoms with Crippen molar-refractivity contribution >= 4 is 11.4 Å². The number of hydrogen-bond acceptors (Lipinski definition) is 6. The quantitative estimate of drug-likeness (QED) is 0.104. The van der Waals surface area contributed by atoms with E-state index in [9.17, 15) is 20.2 Å². The topological polar surface area (TPSA) is 105 Å². The van der Waals surface area contributed by atoms with Crippen LogP contribution in [0.15, 0.2) is 97.1 Å². The SMILES string of the molecule is CCCC1CCC(CCC2CCC(c3ccc(Oc4ccc([N+](=O)[O-])cc4)cc3)(c3ccc(Oc4ccc([N+](=O)[O-])cc4)cc3)CC2)CC1. The van der Waals surface area contributed by atoms with Crippen LogP contribution in [-0.2, 0) is 5.41 Å².